The number of halogens is 1. The molecule has 3 aromatic rings. The molecule has 1 aromatic heterocycles. The zero-order valence-corrected chi connectivity index (χ0v) is 19.4. The van der Waals surface area contributed by atoms with Crippen LogP contribution in [0.3, 0.4) is 0 Å². The fraction of sp³-hybridized carbons (Fsp3) is 0.217. The number of aryl methyl sites for hydroxylation is 1. The minimum absolute atomic E-state index is 0.143. The Bertz CT molecular complexity index is 1130. The summed E-state index contributed by atoms with van der Waals surface area (Å²) < 4.78 is 1.83. The molecule has 0 aliphatic carbocycles. The Morgan fingerprint density at radius 3 is 2.72 bits per heavy atom. The van der Waals surface area contributed by atoms with Crippen LogP contribution < -0.4 is 10.6 Å². The van der Waals surface area contributed by atoms with Crippen molar-refractivity contribution in [1.82, 2.24) is 20.1 Å². The molecule has 0 bridgehead atoms. The molecule has 0 saturated carbocycles. The smallest absolute Gasteiger partial charge is 0.253 e. The minimum atomic E-state index is -0.429. The number of benzene rings is 2. The van der Waals surface area contributed by atoms with Gasteiger partial charge in [0.15, 0.2) is 11.0 Å². The van der Waals surface area contributed by atoms with E-state index in [2.05, 4.69) is 27.4 Å². The predicted octanol–water partition coefficient (Wildman–Crippen LogP) is 4.65. The van der Waals surface area contributed by atoms with Crippen molar-refractivity contribution in [2.45, 2.75) is 31.6 Å². The normalized spacial score (nSPS) is 11.6. The van der Waals surface area contributed by atoms with E-state index in [1.165, 1.54) is 11.8 Å². The average Bonchev–Trinajstić information content (AvgIpc) is 3.15. The zero-order valence-electron chi connectivity index (χ0n) is 17.8. The topological polar surface area (TPSA) is 88.9 Å². The molecule has 0 unspecified atom stereocenters. The molecule has 0 aliphatic rings. The molecule has 2 amide bonds. The highest BCUT2D eigenvalue weighted by Crippen LogP contribution is 2.22. The van der Waals surface area contributed by atoms with Crippen LogP contribution in [0.4, 0.5) is 5.69 Å². The summed E-state index contributed by atoms with van der Waals surface area (Å²) in [5, 5.41) is 15.2. The van der Waals surface area contributed by atoms with E-state index in [0.29, 0.717) is 28.1 Å². The fourth-order valence-electron chi connectivity index (χ4n) is 3.06. The Labute approximate surface area is 196 Å². The quantitative estimate of drug-likeness (QED) is 0.352. The van der Waals surface area contributed by atoms with Gasteiger partial charge in [-0.25, -0.2) is 0 Å². The molecular formula is C23H24ClN5O2S. The molecule has 166 valence electrons. The van der Waals surface area contributed by atoms with Gasteiger partial charge in [-0.3, -0.25) is 9.59 Å². The van der Waals surface area contributed by atoms with Gasteiger partial charge in [0.25, 0.3) is 5.91 Å². The van der Waals surface area contributed by atoms with Crippen LogP contribution in [0.25, 0.3) is 0 Å². The number of carbonyl (C=O) groups excluding carboxylic acids is 2. The highest BCUT2D eigenvalue weighted by atomic mass is 35.5. The zero-order chi connectivity index (χ0) is 23.1. The second-order valence-electron chi connectivity index (χ2n) is 7.12. The van der Waals surface area contributed by atoms with Crippen molar-refractivity contribution in [3.63, 3.8) is 0 Å². The number of aromatic nitrogens is 3. The molecule has 1 atom stereocenters. The van der Waals surface area contributed by atoms with Crippen molar-refractivity contribution in [2.75, 3.05) is 11.1 Å². The van der Waals surface area contributed by atoms with Crippen molar-refractivity contribution < 1.29 is 9.59 Å². The number of rotatable bonds is 9. The Morgan fingerprint density at radius 2 is 2.00 bits per heavy atom. The molecule has 0 saturated heterocycles. The minimum Gasteiger partial charge on any atom is -0.342 e. The Morgan fingerprint density at radius 1 is 1.22 bits per heavy atom. The first kappa shape index (κ1) is 23.6. The number of allylic oxidation sites excluding steroid dienone is 1. The maximum absolute atomic E-state index is 12.6. The van der Waals surface area contributed by atoms with Crippen molar-refractivity contribution in [2.24, 2.45) is 0 Å². The lowest BCUT2D eigenvalue weighted by Crippen LogP contribution is -2.29. The molecule has 9 heteroatoms. The molecule has 0 radical (unpaired) electrons. The maximum Gasteiger partial charge on any atom is 0.253 e. The van der Waals surface area contributed by atoms with E-state index in [0.717, 1.165) is 11.3 Å². The van der Waals surface area contributed by atoms with E-state index >= 15 is 0 Å². The van der Waals surface area contributed by atoms with Crippen LogP contribution >= 0.6 is 23.4 Å². The molecular weight excluding hydrogens is 446 g/mol. The van der Waals surface area contributed by atoms with E-state index in [1.807, 2.05) is 42.7 Å². The Kier molecular flexibility index (Phi) is 8.08. The van der Waals surface area contributed by atoms with Gasteiger partial charge in [-0.1, -0.05) is 53.7 Å². The largest absolute Gasteiger partial charge is 0.342 e. The number of hydrogen-bond donors (Lipinski definition) is 2. The van der Waals surface area contributed by atoms with Gasteiger partial charge in [0.05, 0.1) is 22.4 Å². The molecule has 32 heavy (non-hydrogen) atoms. The lowest BCUT2D eigenvalue weighted by atomic mass is 10.2. The van der Waals surface area contributed by atoms with Crippen molar-refractivity contribution in [1.29, 1.82) is 0 Å². The van der Waals surface area contributed by atoms with Crippen LogP contribution in [0.15, 0.2) is 66.3 Å². The number of thioether (sulfide) groups is 1. The van der Waals surface area contributed by atoms with E-state index in [9.17, 15) is 9.59 Å². The summed E-state index contributed by atoms with van der Waals surface area (Å²) in [6, 6.07) is 14.0. The van der Waals surface area contributed by atoms with Crippen molar-refractivity contribution in [3.8, 4) is 0 Å². The fourth-order valence-corrected chi connectivity index (χ4v) is 4.04. The number of nitrogens with zero attached hydrogens (tertiary/aromatic N) is 3. The van der Waals surface area contributed by atoms with Gasteiger partial charge < -0.3 is 15.2 Å². The SMILES string of the molecule is C=CCn1c(SCC(=O)Nc2cccc(C)c2)nnc1[C@@H](C)NC(=O)c1ccccc1Cl. The number of anilines is 1. The van der Waals surface area contributed by atoms with Gasteiger partial charge in [0.2, 0.25) is 5.91 Å². The van der Waals surface area contributed by atoms with Crippen LogP contribution in [-0.2, 0) is 11.3 Å². The summed E-state index contributed by atoms with van der Waals surface area (Å²) >= 11 is 7.39. The van der Waals surface area contributed by atoms with Gasteiger partial charge in [-0.05, 0) is 43.7 Å². The Hall–Kier alpha value is -3.10. The van der Waals surface area contributed by atoms with E-state index in [4.69, 9.17) is 11.6 Å². The number of amides is 2. The monoisotopic (exact) mass is 469 g/mol. The van der Waals surface area contributed by atoms with Gasteiger partial charge in [0, 0.05) is 12.2 Å². The third-order valence-corrected chi connectivity index (χ3v) is 5.84. The molecule has 0 aliphatic heterocycles. The summed E-state index contributed by atoms with van der Waals surface area (Å²) in [5.41, 5.74) is 2.21. The van der Waals surface area contributed by atoms with Gasteiger partial charge in [-0.2, -0.15) is 0 Å². The number of hydrogen-bond acceptors (Lipinski definition) is 5. The molecule has 7 nitrogen and oxygen atoms in total. The maximum atomic E-state index is 12.6. The van der Waals surface area contributed by atoms with Crippen LogP contribution in [0, 0.1) is 6.92 Å². The summed E-state index contributed by atoms with van der Waals surface area (Å²) in [6.07, 6.45) is 1.71. The molecule has 0 spiro atoms. The van der Waals surface area contributed by atoms with Crippen LogP contribution in [0.1, 0.15) is 34.7 Å². The Balaban J connectivity index is 1.67. The van der Waals surface area contributed by atoms with E-state index in [-0.39, 0.29) is 17.6 Å². The van der Waals surface area contributed by atoms with Crippen LogP contribution in [0.2, 0.25) is 5.02 Å². The van der Waals surface area contributed by atoms with Crippen LogP contribution in [0.5, 0.6) is 0 Å². The molecule has 3 rings (SSSR count). The molecule has 0 fully saturated rings. The second kappa shape index (κ2) is 11.0. The third-order valence-electron chi connectivity index (χ3n) is 4.54. The van der Waals surface area contributed by atoms with E-state index in [1.54, 1.807) is 30.3 Å². The molecule has 1 heterocycles. The predicted molar refractivity (Wildman–Crippen MR) is 128 cm³/mol. The van der Waals surface area contributed by atoms with E-state index < -0.39 is 6.04 Å². The number of carbonyl (C=O) groups is 2. The first-order valence-corrected chi connectivity index (χ1v) is 11.3. The molecule has 2 aromatic carbocycles. The lowest BCUT2D eigenvalue weighted by Gasteiger charge is -2.15. The van der Waals surface area contributed by atoms with Crippen molar-refractivity contribution >= 4 is 40.9 Å². The summed E-state index contributed by atoms with van der Waals surface area (Å²) in [5.74, 6) is 0.286. The molecule has 2 N–H and O–H groups in total. The first-order valence-electron chi connectivity index (χ1n) is 9.97. The lowest BCUT2D eigenvalue weighted by molar-refractivity contribution is -0.113. The average molecular weight is 470 g/mol. The van der Waals surface area contributed by atoms with Gasteiger partial charge in [0.1, 0.15) is 0 Å². The van der Waals surface area contributed by atoms with Crippen LogP contribution in [-0.4, -0.2) is 32.3 Å². The third kappa shape index (κ3) is 5.99. The standard InChI is InChI=1S/C23H24ClN5O2S/c1-4-12-29-21(16(3)25-22(31)18-10-5-6-11-19(18)24)27-28-23(29)32-14-20(30)26-17-9-7-8-15(2)13-17/h4-11,13,16H,1,12,14H2,2-3H3,(H,25,31)(H,26,30)/t16-/m1/s1. The summed E-state index contributed by atoms with van der Waals surface area (Å²) in [7, 11) is 0. The highest BCUT2D eigenvalue weighted by Gasteiger charge is 2.21. The summed E-state index contributed by atoms with van der Waals surface area (Å²) in [4.78, 5) is 25.0. The first-order chi connectivity index (χ1) is 15.4. The highest BCUT2D eigenvalue weighted by molar-refractivity contribution is 7.99. The summed E-state index contributed by atoms with van der Waals surface area (Å²) in [6.45, 7) is 8.01. The van der Waals surface area contributed by atoms with Crippen molar-refractivity contribution in [3.05, 3.63) is 83.2 Å². The van der Waals surface area contributed by atoms with Gasteiger partial charge >= 0.3 is 0 Å². The number of nitrogens with one attached hydrogen (secondary N) is 2. The second-order valence-corrected chi connectivity index (χ2v) is 8.47. The van der Waals surface area contributed by atoms with Gasteiger partial charge in [-0.15, -0.1) is 16.8 Å².